The van der Waals surface area contributed by atoms with Crippen LogP contribution >= 0.6 is 33.2 Å². The first-order valence-electron chi connectivity index (χ1n) is 10.3. The second-order valence-electron chi connectivity index (χ2n) is 8.85. The van der Waals surface area contributed by atoms with E-state index in [1.807, 2.05) is 0 Å². The first kappa shape index (κ1) is 45.3. The van der Waals surface area contributed by atoms with Crippen LogP contribution in [0.4, 0.5) is 114 Å². The fourth-order valence-corrected chi connectivity index (χ4v) is 4.96. The molecule has 0 aliphatic carbocycles. The van der Waals surface area contributed by atoms with Crippen LogP contribution in [0, 0.1) is 0 Å². The summed E-state index contributed by atoms with van der Waals surface area (Å²) in [5, 5.41) is 0. The fraction of sp³-hybridized carbons (Fsp3) is 1.00. The molecule has 0 aromatic carbocycles. The van der Waals surface area contributed by atoms with Gasteiger partial charge in [0.05, 0.1) is 0 Å². The second-order valence-corrected chi connectivity index (χ2v) is 17.3. The van der Waals surface area contributed by atoms with Gasteiger partial charge >= 0.3 is 82.6 Å². The number of alkyl halides is 26. The predicted octanol–water partition coefficient (Wildman–Crippen LogP) is 11.2. The van der Waals surface area contributed by atoms with Crippen LogP contribution in [0.1, 0.15) is 19.8 Å². The molecule has 0 rings (SSSR count). The number of hydrogen-bond donors (Lipinski definition) is 0. The first-order chi connectivity index (χ1) is 19.3. The highest BCUT2D eigenvalue weighted by Gasteiger charge is 3.03. The molecule has 0 N–H and O–H groups in total. The summed E-state index contributed by atoms with van der Waals surface area (Å²) >= 11 is 12.4. The third kappa shape index (κ3) is 5.34. The maximum absolute atomic E-state index is 15.2. The van der Waals surface area contributed by atoms with Crippen molar-refractivity contribution in [3.63, 3.8) is 0 Å². The molecular weight excluding hydrogens is 821 g/mol. The Bertz CT molecular complexity index is 1110. The van der Waals surface area contributed by atoms with E-state index in [-0.39, 0.29) is 0 Å². The molecule has 0 fully saturated rings. The Balaban J connectivity index is 8.36. The molecule has 0 aliphatic heterocycles. The molecule has 0 heterocycles. The Kier molecular flexibility index (Phi) is 11.2. The Hall–Kier alpha value is -0.733. The molecule has 1 atom stereocenters. The Morgan fingerprint density at radius 2 is 0.609 bits per heavy atom. The minimum Gasteiger partial charge on any atom is -0.223 e. The average Bonchev–Trinajstić information content (AvgIpc) is 2.80. The lowest BCUT2D eigenvalue weighted by molar-refractivity contribution is -0.477. The van der Waals surface area contributed by atoms with E-state index in [0.717, 1.165) is 0 Å². The summed E-state index contributed by atoms with van der Waals surface area (Å²) in [5.74, 6) is -90.8. The number of hydrogen-bond acceptors (Lipinski definition) is 0. The second kappa shape index (κ2) is 11.4. The van der Waals surface area contributed by atoms with E-state index in [2.05, 4.69) is 33.2 Å². The van der Waals surface area contributed by atoms with Gasteiger partial charge in [-0.2, -0.15) is 101 Å². The third-order valence-electron chi connectivity index (χ3n) is 5.79. The molecule has 0 aliphatic rings. The van der Waals surface area contributed by atoms with Crippen LogP contribution < -0.4 is 0 Å². The van der Waals surface area contributed by atoms with E-state index >= 15 is 4.39 Å². The third-order valence-corrected chi connectivity index (χ3v) is 8.99. The SMILES string of the molecule is CCCC(F)(F)C(F)(F)C(F)(F)C(F)(F)C(F)(F)C(F)(C(F)(F)C(F)(F)C(F)(F)C(F)(F)C(F)(F)C(F)(F)F)C(F)(F)[Si](Cl)(Cl)Cl. The van der Waals surface area contributed by atoms with Crippen molar-refractivity contribution >= 4 is 39.2 Å². The molecule has 1 unspecified atom stereocenters. The van der Waals surface area contributed by atoms with E-state index in [4.69, 9.17) is 0 Å². The van der Waals surface area contributed by atoms with E-state index in [1.54, 1.807) is 0 Å². The van der Waals surface area contributed by atoms with Crippen LogP contribution in [0.3, 0.4) is 0 Å². The zero-order valence-electron chi connectivity index (χ0n) is 20.4. The van der Waals surface area contributed by atoms with Crippen molar-refractivity contribution in [3.8, 4) is 0 Å². The molecule has 0 bridgehead atoms. The average molecular weight is 828 g/mol. The van der Waals surface area contributed by atoms with Crippen LogP contribution in [-0.4, -0.2) is 82.6 Å². The summed E-state index contributed by atoms with van der Waals surface area (Å²) in [4.78, 5) is 0. The van der Waals surface area contributed by atoms with Crippen molar-refractivity contribution in [2.75, 3.05) is 0 Å². The van der Waals surface area contributed by atoms with E-state index in [0.29, 0.717) is 6.92 Å². The summed E-state index contributed by atoms with van der Waals surface area (Å²) in [6.45, 7) is 0.328. The van der Waals surface area contributed by atoms with E-state index < -0.39 is 95.5 Å². The van der Waals surface area contributed by atoms with Gasteiger partial charge in [-0.15, -0.1) is 33.2 Å². The standard InChI is InChI=1S/C16H7Cl3F26Si/c1-2-3-4(20,21)6(23,24)9(29,30)10(31,32)7(25,26)5(22,16(44,45)46(17,18)19)8(27,28)11(33,34)12(35,36)13(37,38)14(39,40)15(41,42)43/h2-3H2,1H3. The Morgan fingerprint density at radius 1 is 0.370 bits per heavy atom. The van der Waals surface area contributed by atoms with Crippen molar-refractivity contribution < 1.29 is 114 Å². The van der Waals surface area contributed by atoms with Crippen LogP contribution in [-0.2, 0) is 0 Å². The van der Waals surface area contributed by atoms with Gasteiger partial charge in [-0.3, -0.25) is 0 Å². The quantitative estimate of drug-likeness (QED) is 0.0930. The van der Waals surface area contributed by atoms with Gasteiger partial charge in [0.2, 0.25) is 0 Å². The zero-order valence-corrected chi connectivity index (χ0v) is 23.6. The number of halogens is 29. The van der Waals surface area contributed by atoms with Crippen molar-refractivity contribution in [3.05, 3.63) is 0 Å². The maximum Gasteiger partial charge on any atom is 0.460 e. The van der Waals surface area contributed by atoms with Crippen molar-refractivity contribution in [1.82, 2.24) is 0 Å². The van der Waals surface area contributed by atoms with Gasteiger partial charge in [-0.1, -0.05) is 13.3 Å². The summed E-state index contributed by atoms with van der Waals surface area (Å²) in [6, 6.07) is -7.98. The maximum atomic E-state index is 15.2. The molecule has 278 valence electrons. The van der Waals surface area contributed by atoms with Gasteiger partial charge in [0.1, 0.15) is 0 Å². The van der Waals surface area contributed by atoms with Crippen molar-refractivity contribution in [2.24, 2.45) is 0 Å². The summed E-state index contributed by atoms with van der Waals surface area (Å²) < 4.78 is 359. The van der Waals surface area contributed by atoms with Crippen molar-refractivity contribution in [2.45, 2.75) is 96.4 Å². The molecule has 0 saturated heterocycles. The fourth-order valence-electron chi connectivity index (χ4n) is 3.08. The Morgan fingerprint density at radius 3 is 0.848 bits per heavy atom. The topological polar surface area (TPSA) is 0 Å². The molecule has 0 aromatic rings. The normalized spacial score (nSPS) is 18.1. The van der Waals surface area contributed by atoms with Crippen molar-refractivity contribution in [1.29, 1.82) is 0 Å². The highest BCUT2D eigenvalue weighted by molar-refractivity contribution is 7.65. The summed E-state index contributed by atoms with van der Waals surface area (Å²) in [7, 11) is 0. The molecule has 30 heteroatoms. The smallest absolute Gasteiger partial charge is 0.223 e. The van der Waals surface area contributed by atoms with Gasteiger partial charge in [0, 0.05) is 6.42 Å². The van der Waals surface area contributed by atoms with Gasteiger partial charge in [-0.05, 0) is 0 Å². The lowest BCUT2D eigenvalue weighted by Gasteiger charge is -2.51. The van der Waals surface area contributed by atoms with Crippen LogP contribution in [0.2, 0.25) is 0 Å². The molecular formula is C16H7Cl3F26Si. The van der Waals surface area contributed by atoms with E-state index in [1.165, 1.54) is 0 Å². The molecule has 46 heavy (non-hydrogen) atoms. The summed E-state index contributed by atoms with van der Waals surface area (Å²) in [5.41, 5.74) is -18.3. The minimum absolute atomic E-state index is 0.328. The van der Waals surface area contributed by atoms with E-state index in [9.17, 15) is 110 Å². The molecule has 0 saturated carbocycles. The van der Waals surface area contributed by atoms with Crippen LogP contribution in [0.5, 0.6) is 0 Å². The lowest BCUT2D eigenvalue weighted by atomic mass is 9.77. The molecule has 0 aromatic heterocycles. The molecule has 0 nitrogen and oxygen atoms in total. The molecule has 0 radical (unpaired) electrons. The lowest BCUT2D eigenvalue weighted by Crippen LogP contribution is -2.84. The molecule has 0 amide bonds. The van der Waals surface area contributed by atoms with Crippen LogP contribution in [0.25, 0.3) is 0 Å². The molecule has 0 spiro atoms. The predicted molar refractivity (Wildman–Crippen MR) is 103 cm³/mol. The number of rotatable bonds is 14. The minimum atomic E-state index is -9.96. The zero-order chi connectivity index (χ0) is 38.4. The summed E-state index contributed by atoms with van der Waals surface area (Å²) in [6.07, 6.45) is -12.6. The highest BCUT2D eigenvalue weighted by Crippen LogP contribution is 2.71. The Labute approximate surface area is 250 Å². The monoisotopic (exact) mass is 826 g/mol. The van der Waals surface area contributed by atoms with Gasteiger partial charge < -0.3 is 0 Å². The largest absolute Gasteiger partial charge is 0.460 e. The van der Waals surface area contributed by atoms with Crippen LogP contribution in [0.15, 0.2) is 0 Å². The van der Waals surface area contributed by atoms with Gasteiger partial charge in [-0.25, -0.2) is 13.2 Å². The van der Waals surface area contributed by atoms with Gasteiger partial charge in [0.25, 0.3) is 0 Å². The first-order valence-corrected chi connectivity index (χ1v) is 15.3. The van der Waals surface area contributed by atoms with Gasteiger partial charge in [0.15, 0.2) is 0 Å². The highest BCUT2D eigenvalue weighted by atomic mass is 35.8.